The van der Waals surface area contributed by atoms with Gasteiger partial charge in [0.05, 0.1) is 19.9 Å². The fraction of sp³-hybridized carbons (Fsp3) is 0.238. The molecular formula is C21H24N4O2. The lowest BCUT2D eigenvalue weighted by molar-refractivity contribution is 0.410. The van der Waals surface area contributed by atoms with Crippen LogP contribution in [0.4, 0.5) is 17.5 Å². The van der Waals surface area contributed by atoms with Gasteiger partial charge in [-0.25, -0.2) is 4.98 Å². The average Bonchev–Trinajstić information content (AvgIpc) is 2.66. The van der Waals surface area contributed by atoms with Crippen LogP contribution in [0.15, 0.2) is 48.5 Å². The molecule has 2 aromatic carbocycles. The minimum Gasteiger partial charge on any atom is -0.496 e. The van der Waals surface area contributed by atoms with Crippen LogP contribution in [0.5, 0.6) is 11.5 Å². The number of hydrogen-bond acceptors (Lipinski definition) is 6. The van der Waals surface area contributed by atoms with E-state index in [1.54, 1.807) is 14.2 Å². The Morgan fingerprint density at radius 2 is 1.67 bits per heavy atom. The first-order valence-electron chi connectivity index (χ1n) is 8.72. The second-order valence-electron chi connectivity index (χ2n) is 6.21. The van der Waals surface area contributed by atoms with Crippen LogP contribution in [0.25, 0.3) is 0 Å². The molecule has 0 amide bonds. The SMILES string of the molecule is COc1ccccc1CNc1cc(C)nc(Nc2cc(C)ccc2OC)n1. The van der Waals surface area contributed by atoms with E-state index >= 15 is 0 Å². The van der Waals surface area contributed by atoms with Gasteiger partial charge in [-0.05, 0) is 37.6 Å². The van der Waals surface area contributed by atoms with Gasteiger partial charge in [-0.3, -0.25) is 0 Å². The van der Waals surface area contributed by atoms with Crippen molar-refractivity contribution in [2.45, 2.75) is 20.4 Å². The molecule has 2 N–H and O–H groups in total. The monoisotopic (exact) mass is 364 g/mol. The van der Waals surface area contributed by atoms with Crippen molar-refractivity contribution in [3.63, 3.8) is 0 Å². The van der Waals surface area contributed by atoms with Gasteiger partial charge in [-0.15, -0.1) is 0 Å². The molecule has 1 heterocycles. The summed E-state index contributed by atoms with van der Waals surface area (Å²) in [5.41, 5.74) is 3.88. The summed E-state index contributed by atoms with van der Waals surface area (Å²) in [5, 5.41) is 6.59. The van der Waals surface area contributed by atoms with Crippen molar-refractivity contribution in [1.29, 1.82) is 0 Å². The maximum atomic E-state index is 5.42. The average molecular weight is 364 g/mol. The van der Waals surface area contributed by atoms with Gasteiger partial charge >= 0.3 is 0 Å². The molecule has 0 unspecified atom stereocenters. The zero-order valence-electron chi connectivity index (χ0n) is 16.0. The number of benzene rings is 2. The molecule has 0 bridgehead atoms. The minimum absolute atomic E-state index is 0.515. The van der Waals surface area contributed by atoms with Crippen molar-refractivity contribution in [3.8, 4) is 11.5 Å². The zero-order valence-corrected chi connectivity index (χ0v) is 16.0. The van der Waals surface area contributed by atoms with E-state index in [4.69, 9.17) is 9.47 Å². The smallest absolute Gasteiger partial charge is 0.229 e. The van der Waals surface area contributed by atoms with Crippen molar-refractivity contribution in [2.75, 3.05) is 24.9 Å². The largest absolute Gasteiger partial charge is 0.496 e. The predicted molar refractivity (Wildman–Crippen MR) is 108 cm³/mol. The second-order valence-corrected chi connectivity index (χ2v) is 6.21. The number of nitrogens with zero attached hydrogens (tertiary/aromatic N) is 2. The molecule has 0 atom stereocenters. The molecule has 6 heteroatoms. The Bertz CT molecular complexity index is 928. The number of ether oxygens (including phenoxy) is 2. The number of methoxy groups -OCH3 is 2. The maximum absolute atomic E-state index is 5.42. The van der Waals surface area contributed by atoms with Crippen LogP contribution < -0.4 is 20.1 Å². The van der Waals surface area contributed by atoms with Crippen LogP contribution in [-0.4, -0.2) is 24.2 Å². The molecule has 140 valence electrons. The Balaban J connectivity index is 1.79. The molecule has 1 aromatic heterocycles. The van der Waals surface area contributed by atoms with Crippen LogP contribution in [0.3, 0.4) is 0 Å². The first-order chi connectivity index (χ1) is 13.1. The summed E-state index contributed by atoms with van der Waals surface area (Å²) in [6, 6.07) is 15.8. The Morgan fingerprint density at radius 3 is 2.44 bits per heavy atom. The molecule has 3 rings (SSSR count). The highest BCUT2D eigenvalue weighted by molar-refractivity contribution is 5.64. The van der Waals surface area contributed by atoms with Gasteiger partial charge in [0.25, 0.3) is 0 Å². The maximum Gasteiger partial charge on any atom is 0.229 e. The zero-order chi connectivity index (χ0) is 19.2. The Kier molecular flexibility index (Phi) is 5.76. The van der Waals surface area contributed by atoms with Gasteiger partial charge < -0.3 is 20.1 Å². The topological polar surface area (TPSA) is 68.3 Å². The minimum atomic E-state index is 0.515. The summed E-state index contributed by atoms with van der Waals surface area (Å²) in [6.07, 6.45) is 0. The third kappa shape index (κ3) is 4.67. The summed E-state index contributed by atoms with van der Waals surface area (Å²) in [4.78, 5) is 9.06. The van der Waals surface area contributed by atoms with Gasteiger partial charge in [0.1, 0.15) is 17.3 Å². The summed E-state index contributed by atoms with van der Waals surface area (Å²) >= 11 is 0. The normalized spacial score (nSPS) is 10.4. The highest BCUT2D eigenvalue weighted by atomic mass is 16.5. The molecule has 0 radical (unpaired) electrons. The van der Waals surface area contributed by atoms with E-state index in [9.17, 15) is 0 Å². The van der Waals surface area contributed by atoms with Gasteiger partial charge in [-0.2, -0.15) is 4.98 Å². The lowest BCUT2D eigenvalue weighted by atomic mass is 10.2. The van der Waals surface area contributed by atoms with Crippen LogP contribution >= 0.6 is 0 Å². The number of para-hydroxylation sites is 1. The summed E-state index contributed by atoms with van der Waals surface area (Å²) in [6.45, 7) is 4.57. The summed E-state index contributed by atoms with van der Waals surface area (Å²) in [7, 11) is 3.32. The van der Waals surface area contributed by atoms with E-state index in [1.807, 2.05) is 62.4 Å². The van der Waals surface area contributed by atoms with E-state index in [-0.39, 0.29) is 0 Å². The van der Waals surface area contributed by atoms with Crippen LogP contribution in [0.1, 0.15) is 16.8 Å². The number of anilines is 3. The van der Waals surface area contributed by atoms with Crippen LogP contribution in [0.2, 0.25) is 0 Å². The summed E-state index contributed by atoms with van der Waals surface area (Å²) < 4.78 is 10.8. The first-order valence-corrected chi connectivity index (χ1v) is 8.72. The van der Waals surface area contributed by atoms with Crippen molar-refractivity contribution in [2.24, 2.45) is 0 Å². The van der Waals surface area contributed by atoms with Crippen LogP contribution in [0, 0.1) is 13.8 Å². The number of rotatable bonds is 7. The highest BCUT2D eigenvalue weighted by Gasteiger charge is 2.08. The van der Waals surface area contributed by atoms with E-state index in [1.165, 1.54) is 0 Å². The number of aromatic nitrogens is 2. The number of nitrogens with one attached hydrogen (secondary N) is 2. The lowest BCUT2D eigenvalue weighted by Gasteiger charge is -2.13. The van der Waals surface area contributed by atoms with Crippen molar-refractivity contribution in [3.05, 3.63) is 65.4 Å². The molecule has 0 aliphatic carbocycles. The van der Waals surface area contributed by atoms with Gasteiger partial charge in [0.2, 0.25) is 5.95 Å². The molecule has 0 spiro atoms. The Hall–Kier alpha value is -3.28. The van der Waals surface area contributed by atoms with Crippen molar-refractivity contribution < 1.29 is 9.47 Å². The lowest BCUT2D eigenvalue weighted by Crippen LogP contribution is -2.07. The standard InChI is InChI=1S/C21H24N4O2/c1-14-9-10-19(27-4)17(11-14)24-21-23-15(2)12-20(25-21)22-13-16-7-5-6-8-18(16)26-3/h5-12H,13H2,1-4H3,(H2,22,23,24,25). The Labute approximate surface area is 159 Å². The molecule has 0 saturated carbocycles. The molecule has 0 aliphatic rings. The molecule has 0 saturated heterocycles. The molecule has 3 aromatic rings. The number of aryl methyl sites for hydroxylation is 2. The van der Waals surface area contributed by atoms with Gasteiger partial charge in [0.15, 0.2) is 0 Å². The van der Waals surface area contributed by atoms with Crippen molar-refractivity contribution in [1.82, 2.24) is 9.97 Å². The molecule has 0 aliphatic heterocycles. The first kappa shape index (κ1) is 18.5. The Morgan fingerprint density at radius 1 is 0.889 bits per heavy atom. The molecule has 0 fully saturated rings. The molecular weight excluding hydrogens is 340 g/mol. The van der Waals surface area contributed by atoms with Crippen molar-refractivity contribution >= 4 is 17.5 Å². The second kappa shape index (κ2) is 8.40. The van der Waals surface area contributed by atoms with E-state index < -0.39 is 0 Å². The van der Waals surface area contributed by atoms with Crippen LogP contribution in [-0.2, 0) is 6.54 Å². The molecule has 6 nitrogen and oxygen atoms in total. The number of hydrogen-bond donors (Lipinski definition) is 2. The summed E-state index contributed by atoms with van der Waals surface area (Å²) in [5.74, 6) is 2.84. The van der Waals surface area contributed by atoms with Gasteiger partial charge in [-0.1, -0.05) is 24.3 Å². The highest BCUT2D eigenvalue weighted by Crippen LogP contribution is 2.28. The third-order valence-corrected chi connectivity index (χ3v) is 4.11. The third-order valence-electron chi connectivity index (χ3n) is 4.11. The molecule has 27 heavy (non-hydrogen) atoms. The quantitative estimate of drug-likeness (QED) is 0.645. The van der Waals surface area contributed by atoms with Gasteiger partial charge in [0, 0.05) is 23.9 Å². The fourth-order valence-electron chi connectivity index (χ4n) is 2.79. The predicted octanol–water partition coefficient (Wildman–Crippen LogP) is 4.47. The fourth-order valence-corrected chi connectivity index (χ4v) is 2.79. The van der Waals surface area contributed by atoms with E-state index in [2.05, 4.69) is 20.6 Å². The van der Waals surface area contributed by atoms with E-state index in [0.29, 0.717) is 12.5 Å². The van der Waals surface area contributed by atoms with E-state index in [0.717, 1.165) is 39.8 Å².